The molecular weight excluding hydrogens is 254 g/mol. The molecular formula is C16H21NO3. The quantitative estimate of drug-likeness (QED) is 0.871. The minimum absolute atomic E-state index is 0.108. The highest BCUT2D eigenvalue weighted by Crippen LogP contribution is 2.49. The van der Waals surface area contributed by atoms with Crippen molar-refractivity contribution in [2.75, 3.05) is 14.2 Å². The van der Waals surface area contributed by atoms with E-state index in [2.05, 4.69) is 0 Å². The number of phenolic OH excluding ortho intramolecular Hbond substituents is 1. The molecule has 2 aliphatic rings. The summed E-state index contributed by atoms with van der Waals surface area (Å²) in [6.45, 7) is 0. The summed E-state index contributed by atoms with van der Waals surface area (Å²) in [6, 6.07) is 2.09. The van der Waals surface area contributed by atoms with Crippen LogP contribution in [0.2, 0.25) is 0 Å². The second-order valence-electron chi connectivity index (χ2n) is 5.50. The van der Waals surface area contributed by atoms with Crippen LogP contribution in [0.4, 0.5) is 0 Å². The number of methoxy groups -OCH3 is 2. The maximum atomic E-state index is 10.6. The summed E-state index contributed by atoms with van der Waals surface area (Å²) in [7, 11) is 3.14. The zero-order valence-electron chi connectivity index (χ0n) is 12.0. The van der Waals surface area contributed by atoms with Crippen LogP contribution in [0, 0.1) is 0 Å². The molecule has 108 valence electrons. The highest BCUT2D eigenvalue weighted by molar-refractivity contribution is 5.81. The van der Waals surface area contributed by atoms with Crippen molar-refractivity contribution in [2.45, 2.75) is 38.1 Å². The molecule has 0 fully saturated rings. The van der Waals surface area contributed by atoms with Crippen LogP contribution in [-0.2, 0) is 6.42 Å². The van der Waals surface area contributed by atoms with E-state index >= 15 is 0 Å². The molecule has 4 nitrogen and oxygen atoms in total. The molecule has 0 unspecified atom stereocenters. The summed E-state index contributed by atoms with van der Waals surface area (Å²) < 4.78 is 10.7. The van der Waals surface area contributed by atoms with E-state index in [1.54, 1.807) is 14.2 Å². The Balaban J connectivity index is 2.25. The Morgan fingerprint density at radius 3 is 2.70 bits per heavy atom. The van der Waals surface area contributed by atoms with Gasteiger partial charge in [0.1, 0.15) is 0 Å². The number of phenols is 1. The van der Waals surface area contributed by atoms with Crippen LogP contribution in [0.15, 0.2) is 11.6 Å². The fourth-order valence-electron chi connectivity index (χ4n) is 3.51. The molecule has 0 saturated heterocycles. The molecule has 0 aliphatic heterocycles. The number of aromatic hydroxyl groups is 1. The van der Waals surface area contributed by atoms with Crippen molar-refractivity contribution in [3.05, 3.63) is 22.8 Å². The average Bonchev–Trinajstić information content (AvgIpc) is 2.88. The molecule has 0 amide bonds. The minimum atomic E-state index is 0.108. The zero-order valence-corrected chi connectivity index (χ0v) is 12.0. The summed E-state index contributed by atoms with van der Waals surface area (Å²) in [5.74, 6) is 1.20. The van der Waals surface area contributed by atoms with E-state index in [1.807, 2.05) is 6.07 Å². The van der Waals surface area contributed by atoms with Gasteiger partial charge in [0.2, 0.25) is 5.75 Å². The molecule has 0 saturated carbocycles. The Morgan fingerprint density at radius 2 is 2.00 bits per heavy atom. The SMILES string of the molecule is COc1cc2c(c(O)c1OC)C1=C(CCC1)[C@@H](N)CC2. The lowest BCUT2D eigenvalue weighted by Gasteiger charge is -2.17. The van der Waals surface area contributed by atoms with Crippen molar-refractivity contribution in [2.24, 2.45) is 5.73 Å². The van der Waals surface area contributed by atoms with Crippen molar-refractivity contribution in [3.63, 3.8) is 0 Å². The molecule has 1 aromatic carbocycles. The van der Waals surface area contributed by atoms with Gasteiger partial charge >= 0.3 is 0 Å². The van der Waals surface area contributed by atoms with Crippen LogP contribution in [-0.4, -0.2) is 25.4 Å². The lowest BCUT2D eigenvalue weighted by molar-refractivity contribution is 0.332. The van der Waals surface area contributed by atoms with Crippen molar-refractivity contribution in [3.8, 4) is 17.2 Å². The molecule has 3 N–H and O–H groups in total. The first-order chi connectivity index (χ1) is 9.67. The summed E-state index contributed by atoms with van der Waals surface area (Å²) in [6.07, 6.45) is 4.92. The van der Waals surface area contributed by atoms with Crippen LogP contribution < -0.4 is 15.2 Å². The van der Waals surface area contributed by atoms with Gasteiger partial charge in [0.15, 0.2) is 11.5 Å². The Bertz CT molecular complexity index is 578. The van der Waals surface area contributed by atoms with E-state index in [0.29, 0.717) is 11.5 Å². The zero-order chi connectivity index (χ0) is 14.3. The molecule has 1 aromatic rings. The molecule has 0 radical (unpaired) electrons. The molecule has 0 spiro atoms. The summed E-state index contributed by atoms with van der Waals surface area (Å²) in [4.78, 5) is 0. The third-order valence-electron chi connectivity index (χ3n) is 4.46. The summed E-state index contributed by atoms with van der Waals surface area (Å²) in [5, 5.41) is 10.6. The van der Waals surface area contributed by atoms with Gasteiger partial charge in [-0.1, -0.05) is 0 Å². The predicted molar refractivity (Wildman–Crippen MR) is 78.3 cm³/mol. The smallest absolute Gasteiger partial charge is 0.203 e. The number of fused-ring (bicyclic) bond motifs is 2. The normalized spacial score (nSPS) is 21.2. The second kappa shape index (κ2) is 5.02. The van der Waals surface area contributed by atoms with E-state index < -0.39 is 0 Å². The first-order valence-electron chi connectivity index (χ1n) is 7.12. The molecule has 4 heteroatoms. The van der Waals surface area contributed by atoms with Crippen molar-refractivity contribution in [1.82, 2.24) is 0 Å². The third kappa shape index (κ3) is 1.86. The van der Waals surface area contributed by atoms with E-state index in [9.17, 15) is 5.11 Å². The van der Waals surface area contributed by atoms with Crippen molar-refractivity contribution < 1.29 is 14.6 Å². The van der Waals surface area contributed by atoms with Gasteiger partial charge < -0.3 is 20.3 Å². The Hall–Kier alpha value is -1.68. The Labute approximate surface area is 119 Å². The molecule has 3 rings (SSSR count). The van der Waals surface area contributed by atoms with E-state index in [1.165, 1.54) is 11.1 Å². The number of aryl methyl sites for hydroxylation is 1. The fourth-order valence-corrected chi connectivity index (χ4v) is 3.51. The van der Waals surface area contributed by atoms with Crippen molar-refractivity contribution >= 4 is 5.57 Å². The highest BCUT2D eigenvalue weighted by atomic mass is 16.5. The van der Waals surface area contributed by atoms with E-state index in [4.69, 9.17) is 15.2 Å². The molecule has 0 heterocycles. The number of hydrogen-bond donors (Lipinski definition) is 2. The largest absolute Gasteiger partial charge is 0.504 e. The minimum Gasteiger partial charge on any atom is -0.504 e. The van der Waals surface area contributed by atoms with Crippen LogP contribution in [0.5, 0.6) is 17.2 Å². The average molecular weight is 275 g/mol. The van der Waals surface area contributed by atoms with Gasteiger partial charge in [-0.3, -0.25) is 0 Å². The maximum absolute atomic E-state index is 10.6. The van der Waals surface area contributed by atoms with Gasteiger partial charge in [0, 0.05) is 11.6 Å². The van der Waals surface area contributed by atoms with Crippen LogP contribution in [0.25, 0.3) is 5.57 Å². The standard InChI is InChI=1S/C16H21NO3/c1-19-13-8-9-6-7-12(17)10-4-3-5-11(10)14(9)15(18)16(13)20-2/h8,12,18H,3-7,17H2,1-2H3/t12-/m0/s1. The first kappa shape index (κ1) is 13.3. The Morgan fingerprint density at radius 1 is 1.20 bits per heavy atom. The molecule has 2 aliphatic carbocycles. The summed E-state index contributed by atoms with van der Waals surface area (Å²) >= 11 is 0. The van der Waals surface area contributed by atoms with Crippen molar-refractivity contribution in [1.29, 1.82) is 0 Å². The van der Waals surface area contributed by atoms with Gasteiger partial charge in [0.05, 0.1) is 14.2 Å². The number of ether oxygens (including phenoxy) is 2. The topological polar surface area (TPSA) is 64.7 Å². The molecule has 1 atom stereocenters. The van der Waals surface area contributed by atoms with Gasteiger partial charge in [-0.25, -0.2) is 0 Å². The lowest BCUT2D eigenvalue weighted by Crippen LogP contribution is -2.22. The second-order valence-corrected chi connectivity index (χ2v) is 5.50. The van der Waals surface area contributed by atoms with Gasteiger partial charge in [-0.2, -0.15) is 0 Å². The first-order valence-corrected chi connectivity index (χ1v) is 7.12. The monoisotopic (exact) mass is 275 g/mol. The number of hydrogen-bond acceptors (Lipinski definition) is 4. The van der Waals surface area contributed by atoms with Crippen LogP contribution in [0.1, 0.15) is 36.8 Å². The molecule has 0 bridgehead atoms. The van der Waals surface area contributed by atoms with E-state index in [0.717, 1.165) is 43.2 Å². The maximum Gasteiger partial charge on any atom is 0.203 e. The Kier molecular flexibility index (Phi) is 3.34. The van der Waals surface area contributed by atoms with Crippen LogP contribution >= 0.6 is 0 Å². The van der Waals surface area contributed by atoms with Gasteiger partial charge in [-0.05, 0) is 54.9 Å². The number of benzene rings is 1. The number of rotatable bonds is 2. The van der Waals surface area contributed by atoms with Gasteiger partial charge in [0.25, 0.3) is 0 Å². The third-order valence-corrected chi connectivity index (χ3v) is 4.46. The van der Waals surface area contributed by atoms with Gasteiger partial charge in [-0.15, -0.1) is 0 Å². The number of nitrogens with two attached hydrogens (primary N) is 1. The predicted octanol–water partition coefficient (Wildman–Crippen LogP) is 2.62. The molecule has 20 heavy (non-hydrogen) atoms. The fraction of sp³-hybridized carbons (Fsp3) is 0.500. The van der Waals surface area contributed by atoms with Crippen LogP contribution in [0.3, 0.4) is 0 Å². The lowest BCUT2D eigenvalue weighted by atomic mass is 9.95. The highest BCUT2D eigenvalue weighted by Gasteiger charge is 2.30. The van der Waals surface area contributed by atoms with E-state index in [-0.39, 0.29) is 11.8 Å². The summed E-state index contributed by atoms with van der Waals surface area (Å²) in [5.41, 5.74) is 10.9. The number of allylic oxidation sites excluding steroid dienone is 1. The molecule has 0 aromatic heterocycles.